The molecular formula is C10H15N3O. The summed E-state index contributed by atoms with van der Waals surface area (Å²) in [6.07, 6.45) is 4.14. The number of aromatic nitrogens is 1. The number of anilines is 1. The lowest BCUT2D eigenvalue weighted by molar-refractivity contribution is 0.322. The summed E-state index contributed by atoms with van der Waals surface area (Å²) in [7, 11) is 0. The summed E-state index contributed by atoms with van der Waals surface area (Å²) >= 11 is 0. The standard InChI is InChI=1S/C10H15N3O/c1-3-4-11-10-5-8(2)9(6-12-10)7-13-14/h5-7,14H,3-4H2,1-2H3,(H,11,12)/b13-7+. The minimum absolute atomic E-state index is 0.828. The van der Waals surface area contributed by atoms with E-state index >= 15 is 0 Å². The van der Waals surface area contributed by atoms with Crippen molar-refractivity contribution in [1.29, 1.82) is 0 Å². The van der Waals surface area contributed by atoms with Gasteiger partial charge >= 0.3 is 0 Å². The molecule has 0 fully saturated rings. The summed E-state index contributed by atoms with van der Waals surface area (Å²) < 4.78 is 0. The van der Waals surface area contributed by atoms with E-state index in [0.29, 0.717) is 0 Å². The zero-order valence-electron chi connectivity index (χ0n) is 8.49. The van der Waals surface area contributed by atoms with E-state index in [1.165, 1.54) is 6.21 Å². The molecule has 14 heavy (non-hydrogen) atoms. The highest BCUT2D eigenvalue weighted by Crippen LogP contribution is 2.09. The lowest BCUT2D eigenvalue weighted by atomic mass is 10.2. The molecule has 0 aromatic carbocycles. The number of oxime groups is 1. The molecule has 4 heteroatoms. The zero-order chi connectivity index (χ0) is 10.4. The monoisotopic (exact) mass is 193 g/mol. The first-order valence-corrected chi connectivity index (χ1v) is 4.66. The average Bonchev–Trinajstić information content (AvgIpc) is 2.19. The van der Waals surface area contributed by atoms with Crippen molar-refractivity contribution < 1.29 is 5.21 Å². The molecule has 1 heterocycles. The van der Waals surface area contributed by atoms with Crippen molar-refractivity contribution >= 4 is 12.0 Å². The van der Waals surface area contributed by atoms with E-state index in [1.807, 2.05) is 13.0 Å². The van der Waals surface area contributed by atoms with Gasteiger partial charge in [0.05, 0.1) is 6.21 Å². The Kier molecular flexibility index (Phi) is 3.91. The van der Waals surface area contributed by atoms with E-state index in [9.17, 15) is 0 Å². The lowest BCUT2D eigenvalue weighted by Crippen LogP contribution is -2.03. The molecule has 0 saturated carbocycles. The molecule has 0 bridgehead atoms. The molecule has 0 unspecified atom stereocenters. The van der Waals surface area contributed by atoms with Crippen molar-refractivity contribution in [2.75, 3.05) is 11.9 Å². The predicted octanol–water partition coefficient (Wildman–Crippen LogP) is 2.02. The van der Waals surface area contributed by atoms with Gasteiger partial charge < -0.3 is 10.5 Å². The van der Waals surface area contributed by atoms with Crippen molar-refractivity contribution in [3.63, 3.8) is 0 Å². The highest BCUT2D eigenvalue weighted by atomic mass is 16.4. The van der Waals surface area contributed by atoms with E-state index in [4.69, 9.17) is 5.21 Å². The van der Waals surface area contributed by atoms with Gasteiger partial charge in [-0.1, -0.05) is 12.1 Å². The molecule has 0 radical (unpaired) electrons. The second-order valence-corrected chi connectivity index (χ2v) is 3.10. The van der Waals surface area contributed by atoms with Crippen LogP contribution < -0.4 is 5.32 Å². The van der Waals surface area contributed by atoms with Crippen LogP contribution in [0.1, 0.15) is 24.5 Å². The molecule has 0 amide bonds. The second-order valence-electron chi connectivity index (χ2n) is 3.10. The fraction of sp³-hybridized carbons (Fsp3) is 0.400. The van der Waals surface area contributed by atoms with Gasteiger partial charge in [-0.15, -0.1) is 0 Å². The number of rotatable bonds is 4. The van der Waals surface area contributed by atoms with E-state index < -0.39 is 0 Å². The Hall–Kier alpha value is -1.58. The van der Waals surface area contributed by atoms with Crippen LogP contribution in [0.3, 0.4) is 0 Å². The zero-order valence-corrected chi connectivity index (χ0v) is 8.49. The average molecular weight is 193 g/mol. The minimum Gasteiger partial charge on any atom is -0.411 e. The molecule has 0 aliphatic heterocycles. The third kappa shape index (κ3) is 2.73. The summed E-state index contributed by atoms with van der Waals surface area (Å²) in [5, 5.41) is 14.5. The smallest absolute Gasteiger partial charge is 0.126 e. The highest BCUT2D eigenvalue weighted by molar-refractivity contribution is 5.81. The third-order valence-electron chi connectivity index (χ3n) is 1.90. The SMILES string of the molecule is CCCNc1cc(C)c(/C=N/O)cn1. The van der Waals surface area contributed by atoms with Crippen LogP contribution in [0.15, 0.2) is 17.4 Å². The third-order valence-corrected chi connectivity index (χ3v) is 1.90. The Labute approximate surface area is 83.7 Å². The van der Waals surface area contributed by atoms with Crippen molar-refractivity contribution in [3.05, 3.63) is 23.4 Å². The lowest BCUT2D eigenvalue weighted by Gasteiger charge is -2.05. The van der Waals surface area contributed by atoms with Gasteiger partial charge in [0.1, 0.15) is 5.82 Å². The van der Waals surface area contributed by atoms with E-state index in [2.05, 4.69) is 22.4 Å². The number of nitrogens with zero attached hydrogens (tertiary/aromatic N) is 2. The molecule has 0 aliphatic rings. The number of hydrogen-bond acceptors (Lipinski definition) is 4. The molecule has 1 aromatic heterocycles. The van der Waals surface area contributed by atoms with E-state index in [0.717, 1.165) is 29.9 Å². The summed E-state index contributed by atoms with van der Waals surface area (Å²) in [4.78, 5) is 4.18. The van der Waals surface area contributed by atoms with Gasteiger partial charge in [0.2, 0.25) is 0 Å². The van der Waals surface area contributed by atoms with Gasteiger partial charge in [-0.05, 0) is 25.0 Å². The molecular weight excluding hydrogens is 178 g/mol. The van der Waals surface area contributed by atoms with Gasteiger partial charge in [0.15, 0.2) is 0 Å². The maximum Gasteiger partial charge on any atom is 0.126 e. The molecule has 0 aliphatic carbocycles. The molecule has 2 N–H and O–H groups in total. The molecule has 76 valence electrons. The predicted molar refractivity (Wildman–Crippen MR) is 57.1 cm³/mol. The molecule has 0 spiro atoms. The number of pyridine rings is 1. The second kappa shape index (κ2) is 5.21. The number of hydrogen-bond donors (Lipinski definition) is 2. The normalized spacial score (nSPS) is 10.7. The van der Waals surface area contributed by atoms with Crippen LogP contribution in [0.4, 0.5) is 5.82 Å². The van der Waals surface area contributed by atoms with Crippen molar-refractivity contribution in [2.45, 2.75) is 20.3 Å². The highest BCUT2D eigenvalue weighted by Gasteiger charge is 1.98. The van der Waals surface area contributed by atoms with Gasteiger partial charge in [-0.25, -0.2) is 4.98 Å². The van der Waals surface area contributed by atoms with E-state index in [-0.39, 0.29) is 0 Å². The van der Waals surface area contributed by atoms with Crippen LogP contribution in [0, 0.1) is 6.92 Å². The summed E-state index contributed by atoms with van der Waals surface area (Å²) in [6.45, 7) is 4.97. The van der Waals surface area contributed by atoms with Crippen molar-refractivity contribution in [1.82, 2.24) is 4.98 Å². The summed E-state index contributed by atoms with van der Waals surface area (Å²) in [5.74, 6) is 0.861. The molecule has 1 rings (SSSR count). The fourth-order valence-electron chi connectivity index (χ4n) is 1.11. The number of nitrogens with one attached hydrogen (secondary N) is 1. The van der Waals surface area contributed by atoms with Gasteiger partial charge in [0, 0.05) is 18.3 Å². The van der Waals surface area contributed by atoms with Crippen LogP contribution in [0.25, 0.3) is 0 Å². The quantitative estimate of drug-likeness (QED) is 0.437. The molecule has 1 aromatic rings. The Morgan fingerprint density at radius 2 is 2.43 bits per heavy atom. The van der Waals surface area contributed by atoms with Crippen molar-refractivity contribution in [2.24, 2.45) is 5.16 Å². The largest absolute Gasteiger partial charge is 0.411 e. The first-order valence-electron chi connectivity index (χ1n) is 4.66. The minimum atomic E-state index is 0.828. The Morgan fingerprint density at radius 1 is 1.64 bits per heavy atom. The first-order chi connectivity index (χ1) is 6.77. The van der Waals surface area contributed by atoms with Gasteiger partial charge in [-0.3, -0.25) is 0 Å². The summed E-state index contributed by atoms with van der Waals surface area (Å²) in [6, 6.07) is 1.94. The molecule has 0 saturated heterocycles. The Bertz CT molecular complexity index is 323. The Balaban J connectivity index is 2.78. The van der Waals surface area contributed by atoms with Crippen LogP contribution in [0.2, 0.25) is 0 Å². The van der Waals surface area contributed by atoms with E-state index in [1.54, 1.807) is 6.20 Å². The molecule has 0 atom stereocenters. The van der Waals surface area contributed by atoms with Crippen molar-refractivity contribution in [3.8, 4) is 0 Å². The van der Waals surface area contributed by atoms with Gasteiger partial charge in [-0.2, -0.15) is 0 Å². The fourth-order valence-corrected chi connectivity index (χ4v) is 1.11. The van der Waals surface area contributed by atoms with Crippen LogP contribution >= 0.6 is 0 Å². The van der Waals surface area contributed by atoms with Gasteiger partial charge in [0.25, 0.3) is 0 Å². The topological polar surface area (TPSA) is 57.5 Å². The maximum absolute atomic E-state index is 8.38. The van der Waals surface area contributed by atoms with Crippen LogP contribution in [0.5, 0.6) is 0 Å². The summed E-state index contributed by atoms with van der Waals surface area (Å²) in [5.41, 5.74) is 1.87. The number of aryl methyl sites for hydroxylation is 1. The van der Waals surface area contributed by atoms with Crippen LogP contribution in [-0.4, -0.2) is 23.0 Å². The first kappa shape index (κ1) is 10.5. The molecule has 4 nitrogen and oxygen atoms in total. The maximum atomic E-state index is 8.38. The van der Waals surface area contributed by atoms with Crippen LogP contribution in [-0.2, 0) is 0 Å². The Morgan fingerprint density at radius 3 is 3.00 bits per heavy atom.